The van der Waals surface area contributed by atoms with Crippen LogP contribution in [0.15, 0.2) is 55.4 Å². The van der Waals surface area contributed by atoms with E-state index in [4.69, 9.17) is 16.3 Å². The highest BCUT2D eigenvalue weighted by atomic mass is 35.5. The number of rotatable bonds is 7. The molecule has 0 saturated carbocycles. The molecule has 0 N–H and O–H groups in total. The van der Waals surface area contributed by atoms with Gasteiger partial charge in [-0.1, -0.05) is 23.7 Å². The average Bonchev–Trinajstić information content (AvgIpc) is 3.66. The van der Waals surface area contributed by atoms with Crippen LogP contribution in [0.1, 0.15) is 30.8 Å². The van der Waals surface area contributed by atoms with Crippen molar-refractivity contribution in [1.82, 2.24) is 39.5 Å². The molecule has 5 aromatic rings. The first-order valence-electron chi connectivity index (χ1n) is 11.6. The number of ether oxygens (including phenoxy) is 1. The van der Waals surface area contributed by atoms with Crippen molar-refractivity contribution >= 4 is 11.6 Å². The molecule has 0 aliphatic rings. The Hall–Kier alpha value is -4.46. The lowest BCUT2D eigenvalue weighted by molar-refractivity contribution is -0.615. The van der Waals surface area contributed by atoms with Crippen LogP contribution in [-0.2, 0) is 13.2 Å². The van der Waals surface area contributed by atoms with Crippen LogP contribution in [-0.4, -0.2) is 46.6 Å². The van der Waals surface area contributed by atoms with Gasteiger partial charge in [-0.15, -0.1) is 5.10 Å². The van der Waals surface area contributed by atoms with E-state index in [9.17, 15) is 18.4 Å². The van der Waals surface area contributed by atoms with Gasteiger partial charge in [-0.25, -0.2) is 14.3 Å². The second-order valence-corrected chi connectivity index (χ2v) is 8.99. The molecule has 0 fully saturated rings. The van der Waals surface area contributed by atoms with Crippen LogP contribution in [0.3, 0.4) is 0 Å². The van der Waals surface area contributed by atoms with Gasteiger partial charge >= 0.3 is 6.18 Å². The van der Waals surface area contributed by atoms with Crippen molar-refractivity contribution in [3.63, 3.8) is 0 Å². The monoisotopic (exact) mass is 559 g/mol. The average molecular weight is 560 g/mol. The van der Waals surface area contributed by atoms with Crippen LogP contribution in [0, 0.1) is 5.21 Å². The lowest BCUT2D eigenvalue weighted by Gasteiger charge is -2.19. The van der Waals surface area contributed by atoms with Crippen LogP contribution in [0.5, 0.6) is 5.75 Å². The van der Waals surface area contributed by atoms with E-state index < -0.39 is 17.9 Å². The maximum absolute atomic E-state index is 13.4. The summed E-state index contributed by atoms with van der Waals surface area (Å²) in [6.45, 7) is 1.91. The molecule has 11 nitrogen and oxygen atoms in total. The van der Waals surface area contributed by atoms with Crippen LogP contribution in [0.4, 0.5) is 13.2 Å². The van der Waals surface area contributed by atoms with Gasteiger partial charge in [-0.2, -0.15) is 28.1 Å². The first-order valence-corrected chi connectivity index (χ1v) is 12.0. The highest BCUT2D eigenvalue weighted by Crippen LogP contribution is 2.37. The van der Waals surface area contributed by atoms with Gasteiger partial charge in [0, 0.05) is 23.8 Å². The molecule has 5 rings (SSSR count). The van der Waals surface area contributed by atoms with E-state index in [-0.39, 0.29) is 5.69 Å². The number of nitrogens with zero attached hydrogens (tertiary/aromatic N) is 9. The molecule has 0 spiro atoms. The van der Waals surface area contributed by atoms with Crippen molar-refractivity contribution in [1.29, 1.82) is 0 Å². The summed E-state index contributed by atoms with van der Waals surface area (Å²) in [5, 5.41) is 29.1. The minimum Gasteiger partial charge on any atom is -0.618 e. The van der Waals surface area contributed by atoms with Crippen LogP contribution in [0.2, 0.25) is 5.02 Å². The Kier molecular flexibility index (Phi) is 6.72. The van der Waals surface area contributed by atoms with Crippen molar-refractivity contribution < 1.29 is 22.6 Å². The smallest absolute Gasteiger partial charge is 0.436 e. The molecule has 0 bridgehead atoms. The number of pyridine rings is 1. The maximum atomic E-state index is 13.4. The number of methoxy groups -OCH3 is 1. The summed E-state index contributed by atoms with van der Waals surface area (Å²) in [5.41, 5.74) is 0.758. The molecule has 0 radical (unpaired) electrons. The van der Waals surface area contributed by atoms with Gasteiger partial charge in [0.1, 0.15) is 18.1 Å². The Bertz CT molecular complexity index is 1640. The largest absolute Gasteiger partial charge is 0.618 e. The lowest BCUT2D eigenvalue weighted by atomic mass is 10.0. The molecule has 1 atom stereocenters. The van der Waals surface area contributed by atoms with E-state index in [1.54, 1.807) is 34.9 Å². The molecule has 0 aliphatic heterocycles. The van der Waals surface area contributed by atoms with Gasteiger partial charge in [0.15, 0.2) is 17.7 Å². The van der Waals surface area contributed by atoms with E-state index in [0.717, 1.165) is 16.4 Å². The summed E-state index contributed by atoms with van der Waals surface area (Å²) in [6, 6.07) is 5.62. The Morgan fingerprint density at radius 2 is 1.95 bits per heavy atom. The van der Waals surface area contributed by atoms with E-state index in [1.807, 2.05) is 6.92 Å². The normalized spacial score (nSPS) is 12.6. The van der Waals surface area contributed by atoms with Crippen molar-refractivity contribution in [2.24, 2.45) is 7.05 Å². The third-order valence-corrected chi connectivity index (χ3v) is 6.40. The fourth-order valence-electron chi connectivity index (χ4n) is 4.29. The number of hydrogen-bond donors (Lipinski definition) is 0. The van der Waals surface area contributed by atoms with E-state index in [0.29, 0.717) is 44.6 Å². The Morgan fingerprint density at radius 1 is 1.15 bits per heavy atom. The fourth-order valence-corrected chi connectivity index (χ4v) is 4.47. The summed E-state index contributed by atoms with van der Waals surface area (Å²) in [7, 11) is 3.19. The Balaban J connectivity index is 1.59. The quantitative estimate of drug-likeness (QED) is 0.216. The molecule has 15 heteroatoms. The molecule has 0 aliphatic carbocycles. The maximum Gasteiger partial charge on any atom is 0.436 e. The molecule has 0 unspecified atom stereocenters. The third kappa shape index (κ3) is 4.90. The van der Waals surface area contributed by atoms with Crippen molar-refractivity contribution in [3.8, 4) is 34.0 Å². The highest BCUT2D eigenvalue weighted by Gasteiger charge is 2.35. The molecular weight excluding hydrogens is 539 g/mol. The predicted octanol–water partition coefficient (Wildman–Crippen LogP) is 4.24. The van der Waals surface area contributed by atoms with Crippen molar-refractivity contribution in [2.75, 3.05) is 7.11 Å². The topological polar surface area (TPSA) is 115 Å². The minimum atomic E-state index is -4.67. The van der Waals surface area contributed by atoms with E-state index in [2.05, 4.69) is 25.5 Å². The second-order valence-electron chi connectivity index (χ2n) is 8.55. The molecule has 1 aromatic carbocycles. The summed E-state index contributed by atoms with van der Waals surface area (Å²) in [4.78, 5) is 4.23. The summed E-state index contributed by atoms with van der Waals surface area (Å²) >= 11 is 6.23. The summed E-state index contributed by atoms with van der Waals surface area (Å²) < 4.78 is 50.0. The number of halogens is 4. The van der Waals surface area contributed by atoms with Gasteiger partial charge in [-0.05, 0) is 24.6 Å². The standard InChI is InChI=1S/C24H21ClF3N9O2/c1-4-18(35-10-14(9-30-35)23-29-13-31-34(23)2)20-8-21(39-3)17(11-37(20)38)16-7-15(25)5-6-19(16)36-12-22(32-33-36)24(26,27)28/h5-13,18H,4H2,1-3H3/t18-/m1/s1. The van der Waals surface area contributed by atoms with Gasteiger partial charge in [0.25, 0.3) is 0 Å². The van der Waals surface area contributed by atoms with Gasteiger partial charge < -0.3 is 9.94 Å². The van der Waals surface area contributed by atoms with Crippen LogP contribution >= 0.6 is 11.6 Å². The highest BCUT2D eigenvalue weighted by molar-refractivity contribution is 6.31. The van der Waals surface area contributed by atoms with Crippen LogP contribution in [0.25, 0.3) is 28.2 Å². The minimum absolute atomic E-state index is 0.223. The third-order valence-electron chi connectivity index (χ3n) is 6.16. The molecule has 4 heterocycles. The van der Waals surface area contributed by atoms with E-state index in [1.165, 1.54) is 37.8 Å². The number of aromatic nitrogens is 9. The molecule has 202 valence electrons. The first kappa shape index (κ1) is 26.2. The zero-order chi connectivity index (χ0) is 27.9. The number of alkyl halides is 3. The fraction of sp³-hybridized carbons (Fsp3) is 0.250. The van der Waals surface area contributed by atoms with Gasteiger partial charge in [0.05, 0.1) is 42.4 Å². The van der Waals surface area contributed by atoms with Gasteiger partial charge in [0.2, 0.25) is 5.69 Å². The molecule has 0 amide bonds. The summed E-state index contributed by atoms with van der Waals surface area (Å²) in [6.07, 6.45) is 2.75. The molecule has 4 aromatic heterocycles. The number of benzene rings is 1. The molecule has 39 heavy (non-hydrogen) atoms. The predicted molar refractivity (Wildman–Crippen MR) is 133 cm³/mol. The van der Waals surface area contributed by atoms with Gasteiger partial charge in [-0.3, -0.25) is 4.68 Å². The zero-order valence-corrected chi connectivity index (χ0v) is 21.6. The first-order chi connectivity index (χ1) is 18.6. The SMILES string of the molecule is CC[C@H](c1cc(OC)c(-c2cc(Cl)ccc2-n2cc(C(F)(F)F)nn2)c[n+]1[O-])n1cc(-c2ncnn2C)cn1. The van der Waals surface area contributed by atoms with Crippen molar-refractivity contribution in [3.05, 3.63) is 77.0 Å². The number of hydrogen-bond acceptors (Lipinski definition) is 7. The number of aryl methyl sites for hydroxylation is 1. The second kappa shape index (κ2) is 10.0. The molecule has 0 saturated heterocycles. The van der Waals surface area contributed by atoms with Crippen LogP contribution < -0.4 is 9.47 Å². The molecular formula is C24H21ClF3N9O2. The lowest BCUT2D eigenvalue weighted by Crippen LogP contribution is -2.35. The summed E-state index contributed by atoms with van der Waals surface area (Å²) in [5.74, 6) is 0.921. The van der Waals surface area contributed by atoms with Crippen molar-refractivity contribution in [2.45, 2.75) is 25.6 Å². The Morgan fingerprint density at radius 3 is 2.59 bits per heavy atom. The van der Waals surface area contributed by atoms with E-state index >= 15 is 0 Å². The zero-order valence-electron chi connectivity index (χ0n) is 20.8. The Labute approximate surface area is 224 Å².